The van der Waals surface area contributed by atoms with Crippen molar-refractivity contribution in [3.05, 3.63) is 63.9 Å². The molecule has 0 saturated carbocycles. The van der Waals surface area contributed by atoms with Crippen LogP contribution < -0.4 is 0 Å². The summed E-state index contributed by atoms with van der Waals surface area (Å²) in [6, 6.07) is 8.50. The summed E-state index contributed by atoms with van der Waals surface area (Å²) in [7, 11) is 0. The monoisotopic (exact) mass is 282 g/mol. The molecule has 0 radical (unpaired) electrons. The van der Waals surface area contributed by atoms with Crippen LogP contribution in [0.25, 0.3) is 6.08 Å². The second kappa shape index (κ2) is 5.40. The van der Waals surface area contributed by atoms with E-state index in [1.165, 1.54) is 35.6 Å². The van der Waals surface area contributed by atoms with Crippen molar-refractivity contribution in [1.82, 2.24) is 0 Å². The van der Waals surface area contributed by atoms with Gasteiger partial charge in [0.25, 0.3) is 0 Å². The average Bonchev–Trinajstić information content (AvgIpc) is 2.89. The van der Waals surface area contributed by atoms with E-state index in [0.717, 1.165) is 12.1 Å². The third-order valence-corrected chi connectivity index (χ3v) is 3.33. The first-order valence-corrected chi connectivity index (χ1v) is 6.28. The Labute approximate surface area is 112 Å². The first-order valence-electron chi connectivity index (χ1n) is 5.40. The molecule has 0 bridgehead atoms. The number of halogens is 3. The Bertz CT molecular complexity index is 597. The molecule has 1 heterocycles. The van der Waals surface area contributed by atoms with Crippen molar-refractivity contribution in [2.75, 3.05) is 0 Å². The quantitative estimate of drug-likeness (QED) is 0.591. The number of thiophene rings is 1. The Morgan fingerprint density at radius 1 is 1.11 bits per heavy atom. The molecule has 0 atom stereocenters. The molecule has 0 fully saturated rings. The van der Waals surface area contributed by atoms with Crippen LogP contribution in [0.1, 0.15) is 20.8 Å². The van der Waals surface area contributed by atoms with E-state index < -0.39 is 11.7 Å². The topological polar surface area (TPSA) is 17.1 Å². The summed E-state index contributed by atoms with van der Waals surface area (Å²) in [4.78, 5) is 12.2. The minimum Gasteiger partial charge on any atom is -0.288 e. The molecule has 0 N–H and O–H groups in total. The maximum Gasteiger partial charge on any atom is 0.416 e. The van der Waals surface area contributed by atoms with Gasteiger partial charge >= 0.3 is 6.18 Å². The Hall–Kier alpha value is -1.88. The number of ketones is 1. The molecule has 1 aromatic carbocycles. The summed E-state index contributed by atoms with van der Waals surface area (Å²) in [6.07, 6.45) is -2.06. The fourth-order valence-electron chi connectivity index (χ4n) is 1.57. The van der Waals surface area contributed by atoms with Crippen LogP contribution in [0.5, 0.6) is 0 Å². The van der Waals surface area contributed by atoms with Crippen LogP contribution in [0.15, 0.2) is 47.9 Å². The van der Waals surface area contributed by atoms with Gasteiger partial charge in [0, 0.05) is 0 Å². The first-order chi connectivity index (χ1) is 8.98. The SMILES string of the molecule is O=C(/C=C/c1ccccc1C(F)(F)F)c1cccs1. The van der Waals surface area contributed by atoms with Gasteiger partial charge in [0.15, 0.2) is 5.78 Å². The molecular formula is C14H9F3OS. The van der Waals surface area contributed by atoms with Crippen molar-refractivity contribution >= 4 is 23.2 Å². The largest absolute Gasteiger partial charge is 0.416 e. The zero-order chi connectivity index (χ0) is 13.9. The van der Waals surface area contributed by atoms with Gasteiger partial charge in [-0.1, -0.05) is 30.3 Å². The molecule has 0 aliphatic rings. The number of hydrogen-bond acceptors (Lipinski definition) is 2. The minimum atomic E-state index is -4.42. The summed E-state index contributed by atoms with van der Waals surface area (Å²) < 4.78 is 38.2. The second-order valence-corrected chi connectivity index (χ2v) is 4.71. The van der Waals surface area contributed by atoms with Gasteiger partial charge in [-0.25, -0.2) is 0 Å². The molecule has 1 aromatic heterocycles. The van der Waals surface area contributed by atoms with Gasteiger partial charge in [-0.05, 0) is 29.2 Å². The van der Waals surface area contributed by atoms with Gasteiger partial charge in [0.05, 0.1) is 10.4 Å². The van der Waals surface area contributed by atoms with Crippen molar-refractivity contribution in [1.29, 1.82) is 0 Å². The van der Waals surface area contributed by atoms with Crippen LogP contribution in [0.3, 0.4) is 0 Å². The van der Waals surface area contributed by atoms with Crippen LogP contribution in [-0.2, 0) is 6.18 Å². The van der Waals surface area contributed by atoms with Crippen LogP contribution in [0.2, 0.25) is 0 Å². The summed E-state index contributed by atoms with van der Waals surface area (Å²) in [6.45, 7) is 0. The smallest absolute Gasteiger partial charge is 0.288 e. The van der Waals surface area contributed by atoms with Gasteiger partial charge in [0.2, 0.25) is 0 Å². The fourth-order valence-corrected chi connectivity index (χ4v) is 2.21. The Morgan fingerprint density at radius 3 is 2.47 bits per heavy atom. The Balaban J connectivity index is 2.27. The summed E-state index contributed by atoms with van der Waals surface area (Å²) >= 11 is 1.25. The third kappa shape index (κ3) is 3.32. The molecule has 2 rings (SSSR count). The normalized spacial score (nSPS) is 11.9. The van der Waals surface area contributed by atoms with Crippen LogP contribution >= 0.6 is 11.3 Å². The van der Waals surface area contributed by atoms with Crippen molar-refractivity contribution in [2.45, 2.75) is 6.18 Å². The molecule has 1 nitrogen and oxygen atoms in total. The molecule has 0 saturated heterocycles. The molecule has 2 aromatic rings. The molecule has 0 aliphatic carbocycles. The molecule has 0 aliphatic heterocycles. The number of carbonyl (C=O) groups excluding carboxylic acids is 1. The third-order valence-electron chi connectivity index (χ3n) is 2.44. The lowest BCUT2D eigenvalue weighted by Gasteiger charge is -2.09. The maximum absolute atomic E-state index is 12.7. The Morgan fingerprint density at radius 2 is 1.84 bits per heavy atom. The zero-order valence-electron chi connectivity index (χ0n) is 9.65. The number of rotatable bonds is 3. The number of benzene rings is 1. The van der Waals surface area contributed by atoms with Gasteiger partial charge in [-0.2, -0.15) is 13.2 Å². The van der Waals surface area contributed by atoms with E-state index in [0.29, 0.717) is 4.88 Å². The predicted octanol–water partition coefficient (Wildman–Crippen LogP) is 4.66. The number of allylic oxidation sites excluding steroid dienone is 1. The highest BCUT2D eigenvalue weighted by Crippen LogP contribution is 2.32. The fraction of sp³-hybridized carbons (Fsp3) is 0.0714. The summed E-state index contributed by atoms with van der Waals surface area (Å²) in [5.74, 6) is -0.299. The van der Waals surface area contributed by atoms with Crippen molar-refractivity contribution in [3.63, 3.8) is 0 Å². The lowest BCUT2D eigenvalue weighted by Crippen LogP contribution is -2.07. The first kappa shape index (κ1) is 13.5. The summed E-state index contributed by atoms with van der Waals surface area (Å²) in [5.41, 5.74) is -0.759. The second-order valence-electron chi connectivity index (χ2n) is 3.76. The molecule has 19 heavy (non-hydrogen) atoms. The van der Waals surface area contributed by atoms with Gasteiger partial charge in [-0.3, -0.25) is 4.79 Å². The van der Waals surface area contributed by atoms with E-state index in [1.54, 1.807) is 17.5 Å². The van der Waals surface area contributed by atoms with E-state index in [4.69, 9.17) is 0 Å². The van der Waals surface area contributed by atoms with E-state index in [1.807, 2.05) is 0 Å². The van der Waals surface area contributed by atoms with Crippen molar-refractivity contribution in [3.8, 4) is 0 Å². The van der Waals surface area contributed by atoms with E-state index in [-0.39, 0.29) is 11.3 Å². The highest BCUT2D eigenvalue weighted by molar-refractivity contribution is 7.12. The zero-order valence-corrected chi connectivity index (χ0v) is 10.5. The van der Waals surface area contributed by atoms with Crippen molar-refractivity contribution in [2.24, 2.45) is 0 Å². The number of alkyl halides is 3. The van der Waals surface area contributed by atoms with E-state index in [2.05, 4.69) is 0 Å². The molecule has 0 spiro atoms. The number of hydrogen-bond donors (Lipinski definition) is 0. The molecule has 0 amide bonds. The van der Waals surface area contributed by atoms with E-state index >= 15 is 0 Å². The molecule has 98 valence electrons. The highest BCUT2D eigenvalue weighted by atomic mass is 32.1. The standard InChI is InChI=1S/C14H9F3OS/c15-14(16,17)11-5-2-1-4-10(11)7-8-12(18)13-6-3-9-19-13/h1-9H/b8-7+. The van der Waals surface area contributed by atoms with E-state index in [9.17, 15) is 18.0 Å². The molecule has 0 unspecified atom stereocenters. The minimum absolute atomic E-state index is 0.0140. The van der Waals surface area contributed by atoms with Crippen LogP contribution in [0, 0.1) is 0 Å². The predicted molar refractivity (Wildman–Crippen MR) is 69.1 cm³/mol. The molecular weight excluding hydrogens is 273 g/mol. The van der Waals surface area contributed by atoms with Crippen LogP contribution in [-0.4, -0.2) is 5.78 Å². The lowest BCUT2D eigenvalue weighted by molar-refractivity contribution is -0.137. The summed E-state index contributed by atoms with van der Waals surface area (Å²) in [5, 5.41) is 1.74. The van der Waals surface area contributed by atoms with Gasteiger partial charge < -0.3 is 0 Å². The van der Waals surface area contributed by atoms with Gasteiger partial charge in [-0.15, -0.1) is 11.3 Å². The average molecular weight is 282 g/mol. The molecule has 5 heteroatoms. The van der Waals surface area contributed by atoms with Gasteiger partial charge in [0.1, 0.15) is 0 Å². The lowest BCUT2D eigenvalue weighted by atomic mass is 10.1. The Kier molecular flexibility index (Phi) is 3.85. The number of carbonyl (C=O) groups is 1. The van der Waals surface area contributed by atoms with Crippen molar-refractivity contribution < 1.29 is 18.0 Å². The maximum atomic E-state index is 12.7. The highest BCUT2D eigenvalue weighted by Gasteiger charge is 2.32. The van der Waals surface area contributed by atoms with Crippen LogP contribution in [0.4, 0.5) is 13.2 Å².